The number of nitrogens with two attached hydrogens (primary N) is 1. The molecule has 3 nitrogen and oxygen atoms in total. The van der Waals surface area contributed by atoms with Crippen molar-refractivity contribution in [2.75, 3.05) is 11.4 Å². The highest BCUT2D eigenvalue weighted by atomic mass is 19.1. The Bertz CT molecular complexity index is 426. The van der Waals surface area contributed by atoms with E-state index in [1.165, 1.54) is 12.1 Å². The van der Waals surface area contributed by atoms with Crippen LogP contribution in [0.2, 0.25) is 0 Å². The van der Waals surface area contributed by atoms with Crippen molar-refractivity contribution in [1.29, 1.82) is 0 Å². The topological polar surface area (TPSA) is 41.6 Å². The van der Waals surface area contributed by atoms with Crippen molar-refractivity contribution >= 4 is 11.6 Å². The lowest BCUT2D eigenvalue weighted by atomic mass is 10.2. The van der Waals surface area contributed by atoms with E-state index in [-0.39, 0.29) is 11.9 Å². The van der Waals surface area contributed by atoms with Crippen LogP contribution in [0.1, 0.15) is 19.4 Å². The van der Waals surface area contributed by atoms with Gasteiger partial charge in [-0.15, -0.1) is 0 Å². The fraction of sp³-hybridized carbons (Fsp3) is 0.417. The first-order valence-electron chi connectivity index (χ1n) is 5.47. The van der Waals surface area contributed by atoms with E-state index in [1.54, 1.807) is 0 Å². The van der Waals surface area contributed by atoms with Crippen LogP contribution in [0.25, 0.3) is 0 Å². The number of benzene rings is 1. The lowest BCUT2D eigenvalue weighted by molar-refractivity contribution is 0.628. The molecule has 0 atom stereocenters. The number of hydrogen-bond donors (Lipinski definition) is 1. The van der Waals surface area contributed by atoms with E-state index in [0.717, 1.165) is 24.2 Å². The summed E-state index contributed by atoms with van der Waals surface area (Å²) in [5.41, 5.74) is 7.88. The van der Waals surface area contributed by atoms with Gasteiger partial charge in [0.15, 0.2) is 5.96 Å². The van der Waals surface area contributed by atoms with Crippen molar-refractivity contribution in [2.45, 2.75) is 26.3 Å². The summed E-state index contributed by atoms with van der Waals surface area (Å²) in [6.45, 7) is 4.71. The molecule has 1 aromatic rings. The predicted molar refractivity (Wildman–Crippen MR) is 64.2 cm³/mol. The molecule has 0 radical (unpaired) electrons. The summed E-state index contributed by atoms with van der Waals surface area (Å²) < 4.78 is 13.2. The van der Waals surface area contributed by atoms with E-state index in [9.17, 15) is 4.39 Å². The monoisotopic (exact) mass is 221 g/mol. The van der Waals surface area contributed by atoms with Gasteiger partial charge in [-0.1, -0.05) is 6.07 Å². The minimum absolute atomic E-state index is 0.151. The maximum atomic E-state index is 13.2. The van der Waals surface area contributed by atoms with Gasteiger partial charge in [-0.2, -0.15) is 0 Å². The molecule has 16 heavy (non-hydrogen) atoms. The average Bonchev–Trinajstić information content (AvgIpc) is 2.59. The van der Waals surface area contributed by atoms with Gasteiger partial charge in [0, 0.05) is 18.3 Å². The molecule has 0 aromatic heterocycles. The molecule has 1 aliphatic heterocycles. The zero-order valence-corrected chi connectivity index (χ0v) is 9.57. The van der Waals surface area contributed by atoms with Crippen LogP contribution in [-0.4, -0.2) is 18.5 Å². The van der Waals surface area contributed by atoms with Crippen molar-refractivity contribution in [1.82, 2.24) is 0 Å². The molecule has 1 heterocycles. The molecular formula is C12H16FN3. The standard InChI is InChI=1S/C12H16FN3/c1-8(2)15-12(14)16-6-5-9-3-4-10(13)7-11(9)16/h3-4,7-8H,5-6H2,1-2H3,(H2,14,15). The largest absolute Gasteiger partial charge is 0.370 e. The predicted octanol–water partition coefficient (Wildman–Crippen LogP) is 1.91. The Balaban J connectivity index is 2.32. The number of aliphatic imine (C=N–C) groups is 1. The second-order valence-corrected chi connectivity index (χ2v) is 4.26. The van der Waals surface area contributed by atoms with E-state index in [0.29, 0.717) is 5.96 Å². The lowest BCUT2D eigenvalue weighted by Gasteiger charge is -2.18. The highest BCUT2D eigenvalue weighted by Crippen LogP contribution is 2.28. The van der Waals surface area contributed by atoms with Crippen molar-refractivity contribution in [2.24, 2.45) is 10.7 Å². The number of anilines is 1. The van der Waals surface area contributed by atoms with Gasteiger partial charge in [0.05, 0.1) is 0 Å². The van der Waals surface area contributed by atoms with Crippen LogP contribution in [-0.2, 0) is 6.42 Å². The molecule has 0 saturated heterocycles. The Morgan fingerprint density at radius 2 is 2.25 bits per heavy atom. The Kier molecular flexibility index (Phi) is 2.81. The number of nitrogens with zero attached hydrogens (tertiary/aromatic N) is 2. The maximum Gasteiger partial charge on any atom is 0.196 e. The number of guanidine groups is 1. The summed E-state index contributed by atoms with van der Waals surface area (Å²) in [5.74, 6) is 0.238. The quantitative estimate of drug-likeness (QED) is 0.581. The van der Waals surface area contributed by atoms with E-state index in [2.05, 4.69) is 4.99 Å². The number of halogens is 1. The van der Waals surface area contributed by atoms with Crippen LogP contribution < -0.4 is 10.6 Å². The van der Waals surface area contributed by atoms with Crippen molar-refractivity contribution < 1.29 is 4.39 Å². The summed E-state index contributed by atoms with van der Waals surface area (Å²) in [5, 5.41) is 0. The molecule has 0 bridgehead atoms. The van der Waals surface area contributed by atoms with Gasteiger partial charge in [0.1, 0.15) is 5.82 Å². The van der Waals surface area contributed by atoms with Crippen LogP contribution in [0, 0.1) is 5.82 Å². The first-order chi connectivity index (χ1) is 7.58. The molecule has 4 heteroatoms. The lowest BCUT2D eigenvalue weighted by Crippen LogP contribution is -2.36. The molecule has 0 saturated carbocycles. The summed E-state index contributed by atoms with van der Waals surface area (Å²) in [7, 11) is 0. The third-order valence-electron chi connectivity index (χ3n) is 2.61. The van der Waals surface area contributed by atoms with Crippen molar-refractivity contribution in [3.05, 3.63) is 29.6 Å². The molecule has 2 rings (SSSR count). The van der Waals surface area contributed by atoms with Crippen molar-refractivity contribution in [3.8, 4) is 0 Å². The maximum absolute atomic E-state index is 13.2. The molecule has 0 unspecified atom stereocenters. The van der Waals surface area contributed by atoms with Gasteiger partial charge in [-0.25, -0.2) is 4.39 Å². The fourth-order valence-electron chi connectivity index (χ4n) is 1.92. The third kappa shape index (κ3) is 2.01. The zero-order chi connectivity index (χ0) is 11.7. The van der Waals surface area contributed by atoms with E-state index in [4.69, 9.17) is 5.73 Å². The highest BCUT2D eigenvalue weighted by molar-refractivity contribution is 5.96. The third-order valence-corrected chi connectivity index (χ3v) is 2.61. The molecule has 0 amide bonds. The van der Waals surface area contributed by atoms with E-state index in [1.807, 2.05) is 24.8 Å². The SMILES string of the molecule is CC(C)N=C(N)N1CCc2ccc(F)cc21. The minimum atomic E-state index is -0.233. The first-order valence-corrected chi connectivity index (χ1v) is 5.47. The summed E-state index contributed by atoms with van der Waals surface area (Å²) in [6.07, 6.45) is 0.893. The van der Waals surface area contributed by atoms with E-state index >= 15 is 0 Å². The number of rotatable bonds is 1. The van der Waals surface area contributed by atoms with Gasteiger partial charge in [-0.05, 0) is 38.0 Å². The van der Waals surface area contributed by atoms with Crippen molar-refractivity contribution in [3.63, 3.8) is 0 Å². The molecule has 1 aromatic carbocycles. The van der Waals surface area contributed by atoms with Crippen LogP contribution >= 0.6 is 0 Å². The second-order valence-electron chi connectivity index (χ2n) is 4.26. The number of hydrogen-bond acceptors (Lipinski definition) is 1. The Morgan fingerprint density at radius 1 is 1.50 bits per heavy atom. The smallest absolute Gasteiger partial charge is 0.196 e. The second kappa shape index (κ2) is 4.12. The van der Waals surface area contributed by atoms with Gasteiger partial charge in [-0.3, -0.25) is 4.99 Å². The number of fused-ring (bicyclic) bond motifs is 1. The van der Waals surface area contributed by atoms with Gasteiger partial charge < -0.3 is 10.6 Å². The minimum Gasteiger partial charge on any atom is -0.370 e. The van der Waals surface area contributed by atoms with Gasteiger partial charge in [0.25, 0.3) is 0 Å². The zero-order valence-electron chi connectivity index (χ0n) is 9.57. The molecule has 0 spiro atoms. The summed E-state index contributed by atoms with van der Waals surface area (Å²) in [4.78, 5) is 6.16. The molecule has 86 valence electrons. The van der Waals surface area contributed by atoms with Crippen LogP contribution in [0.15, 0.2) is 23.2 Å². The average molecular weight is 221 g/mol. The highest BCUT2D eigenvalue weighted by Gasteiger charge is 2.22. The molecule has 1 aliphatic rings. The van der Waals surface area contributed by atoms with E-state index < -0.39 is 0 Å². The Morgan fingerprint density at radius 3 is 2.94 bits per heavy atom. The normalized spacial score (nSPS) is 15.8. The molecule has 0 aliphatic carbocycles. The van der Waals surface area contributed by atoms with Gasteiger partial charge in [0.2, 0.25) is 0 Å². The van der Waals surface area contributed by atoms with Crippen LogP contribution in [0.4, 0.5) is 10.1 Å². The van der Waals surface area contributed by atoms with Crippen LogP contribution in [0.5, 0.6) is 0 Å². The van der Waals surface area contributed by atoms with Crippen LogP contribution in [0.3, 0.4) is 0 Å². The molecule has 2 N–H and O–H groups in total. The Hall–Kier alpha value is -1.58. The Labute approximate surface area is 94.8 Å². The molecular weight excluding hydrogens is 205 g/mol. The van der Waals surface area contributed by atoms with Gasteiger partial charge >= 0.3 is 0 Å². The molecule has 0 fully saturated rings. The first kappa shape index (κ1) is 10.9. The summed E-state index contributed by atoms with van der Waals surface area (Å²) in [6, 6.07) is 4.97. The fourth-order valence-corrected chi connectivity index (χ4v) is 1.92. The summed E-state index contributed by atoms with van der Waals surface area (Å²) >= 11 is 0.